The average molecular weight is 236 g/mol. The van der Waals surface area contributed by atoms with Crippen molar-refractivity contribution >= 4 is 11.3 Å². The molecule has 0 saturated heterocycles. The molecule has 0 aliphatic rings. The van der Waals surface area contributed by atoms with Crippen LogP contribution in [0.1, 0.15) is 23.7 Å². The van der Waals surface area contributed by atoms with E-state index in [4.69, 9.17) is 0 Å². The lowest BCUT2D eigenvalue weighted by atomic mass is 10.2. The van der Waals surface area contributed by atoms with E-state index in [-0.39, 0.29) is 0 Å². The number of aromatic nitrogens is 3. The van der Waals surface area contributed by atoms with E-state index in [9.17, 15) is 0 Å². The minimum Gasteiger partial charge on any atom is -0.321 e. The van der Waals surface area contributed by atoms with Gasteiger partial charge in [-0.3, -0.25) is 0 Å². The lowest BCUT2D eigenvalue weighted by Gasteiger charge is -2.11. The lowest BCUT2D eigenvalue weighted by molar-refractivity contribution is 0.571. The Labute approximate surface area is 99.3 Å². The Balaban J connectivity index is 1.78. The number of hydrogen-bond donors (Lipinski definition) is 1. The molecule has 0 amide bonds. The maximum absolute atomic E-state index is 4.05. The van der Waals surface area contributed by atoms with Gasteiger partial charge < -0.3 is 9.88 Å². The molecule has 0 bridgehead atoms. The minimum atomic E-state index is 0.410. The molecule has 2 rings (SSSR count). The third-order valence-corrected chi connectivity index (χ3v) is 3.63. The van der Waals surface area contributed by atoms with Crippen LogP contribution in [0.5, 0.6) is 0 Å². The molecule has 1 unspecified atom stereocenters. The summed E-state index contributed by atoms with van der Waals surface area (Å²) in [7, 11) is 1.97. The number of hydrogen-bond acceptors (Lipinski definition) is 4. The molecular weight excluding hydrogens is 220 g/mol. The third kappa shape index (κ3) is 2.68. The molecule has 2 aromatic rings. The largest absolute Gasteiger partial charge is 0.321 e. The van der Waals surface area contributed by atoms with Gasteiger partial charge in [-0.15, -0.1) is 21.5 Å². The van der Waals surface area contributed by atoms with E-state index in [2.05, 4.69) is 40.0 Å². The van der Waals surface area contributed by atoms with Gasteiger partial charge in [0, 0.05) is 30.9 Å². The molecule has 0 radical (unpaired) electrons. The summed E-state index contributed by atoms with van der Waals surface area (Å²) in [5, 5.41) is 13.5. The summed E-state index contributed by atoms with van der Waals surface area (Å²) >= 11 is 1.79. The zero-order chi connectivity index (χ0) is 11.4. The van der Waals surface area contributed by atoms with Crippen LogP contribution >= 0.6 is 11.3 Å². The molecule has 1 atom stereocenters. The summed E-state index contributed by atoms with van der Waals surface area (Å²) < 4.78 is 1.96. The van der Waals surface area contributed by atoms with E-state index in [1.807, 2.05) is 11.6 Å². The summed E-state index contributed by atoms with van der Waals surface area (Å²) in [5.74, 6) is 1.02. The van der Waals surface area contributed by atoms with E-state index in [1.165, 1.54) is 4.88 Å². The zero-order valence-electron chi connectivity index (χ0n) is 9.55. The van der Waals surface area contributed by atoms with Crippen LogP contribution in [0.2, 0.25) is 0 Å². The van der Waals surface area contributed by atoms with Gasteiger partial charge >= 0.3 is 0 Å². The predicted molar refractivity (Wildman–Crippen MR) is 65.4 cm³/mol. The number of nitrogens with one attached hydrogen (secondary N) is 1. The van der Waals surface area contributed by atoms with Crippen LogP contribution in [0.15, 0.2) is 23.8 Å². The Morgan fingerprint density at radius 1 is 1.56 bits per heavy atom. The van der Waals surface area contributed by atoms with Gasteiger partial charge in [0.15, 0.2) is 0 Å². The van der Waals surface area contributed by atoms with Gasteiger partial charge in [0.05, 0.1) is 0 Å². The molecule has 0 aromatic carbocycles. The SMILES string of the molecule is CC(NCCc1nncn1C)c1cccs1. The maximum Gasteiger partial charge on any atom is 0.133 e. The summed E-state index contributed by atoms with van der Waals surface area (Å²) in [6.07, 6.45) is 2.64. The van der Waals surface area contributed by atoms with Crippen molar-refractivity contribution in [3.63, 3.8) is 0 Å². The zero-order valence-corrected chi connectivity index (χ0v) is 10.4. The molecule has 4 nitrogen and oxygen atoms in total. The highest BCUT2D eigenvalue weighted by Gasteiger charge is 2.06. The highest BCUT2D eigenvalue weighted by Crippen LogP contribution is 2.17. The number of aryl methyl sites for hydroxylation is 1. The van der Waals surface area contributed by atoms with Crippen molar-refractivity contribution in [2.24, 2.45) is 7.05 Å². The van der Waals surface area contributed by atoms with Crippen molar-refractivity contribution < 1.29 is 0 Å². The first-order valence-corrected chi connectivity index (χ1v) is 6.25. The van der Waals surface area contributed by atoms with Gasteiger partial charge in [0.1, 0.15) is 12.2 Å². The first-order chi connectivity index (χ1) is 7.77. The van der Waals surface area contributed by atoms with E-state index in [0.717, 1.165) is 18.8 Å². The Hall–Kier alpha value is -1.20. The van der Waals surface area contributed by atoms with Crippen LogP contribution in [0.4, 0.5) is 0 Å². The molecule has 0 aliphatic heterocycles. The second-order valence-electron chi connectivity index (χ2n) is 3.80. The first-order valence-electron chi connectivity index (χ1n) is 5.37. The van der Waals surface area contributed by atoms with Gasteiger partial charge in [-0.2, -0.15) is 0 Å². The summed E-state index contributed by atoms with van der Waals surface area (Å²) in [6, 6.07) is 4.65. The highest BCUT2D eigenvalue weighted by molar-refractivity contribution is 7.10. The second-order valence-corrected chi connectivity index (χ2v) is 4.78. The fraction of sp³-hybridized carbons (Fsp3) is 0.455. The Morgan fingerprint density at radius 3 is 3.06 bits per heavy atom. The van der Waals surface area contributed by atoms with E-state index >= 15 is 0 Å². The Kier molecular flexibility index (Phi) is 3.69. The topological polar surface area (TPSA) is 42.7 Å². The first kappa shape index (κ1) is 11.3. The lowest BCUT2D eigenvalue weighted by Crippen LogP contribution is -2.21. The third-order valence-electron chi connectivity index (χ3n) is 2.57. The molecule has 16 heavy (non-hydrogen) atoms. The van der Waals surface area contributed by atoms with Crippen LogP contribution in [0, 0.1) is 0 Å². The quantitative estimate of drug-likeness (QED) is 0.860. The number of nitrogens with zero attached hydrogens (tertiary/aromatic N) is 3. The van der Waals surface area contributed by atoms with Crippen LogP contribution in [0.3, 0.4) is 0 Å². The fourth-order valence-electron chi connectivity index (χ4n) is 1.57. The van der Waals surface area contributed by atoms with Gasteiger partial charge in [0.25, 0.3) is 0 Å². The molecule has 0 spiro atoms. The van der Waals surface area contributed by atoms with Crippen molar-refractivity contribution in [1.29, 1.82) is 0 Å². The molecule has 1 N–H and O–H groups in total. The summed E-state index contributed by atoms with van der Waals surface area (Å²) in [6.45, 7) is 3.11. The molecule has 0 fully saturated rings. The van der Waals surface area contributed by atoms with Crippen LogP contribution in [-0.2, 0) is 13.5 Å². The van der Waals surface area contributed by atoms with Crippen LogP contribution < -0.4 is 5.32 Å². The number of thiophene rings is 1. The molecule has 0 aliphatic carbocycles. The molecule has 5 heteroatoms. The summed E-state index contributed by atoms with van der Waals surface area (Å²) in [5.41, 5.74) is 0. The van der Waals surface area contributed by atoms with E-state index < -0.39 is 0 Å². The predicted octanol–water partition coefficient (Wildman–Crippen LogP) is 1.77. The molecule has 0 saturated carbocycles. The maximum atomic E-state index is 4.05. The van der Waals surface area contributed by atoms with Crippen LogP contribution in [0.25, 0.3) is 0 Å². The van der Waals surface area contributed by atoms with E-state index in [1.54, 1.807) is 17.7 Å². The monoisotopic (exact) mass is 236 g/mol. The molecule has 86 valence electrons. The Morgan fingerprint density at radius 2 is 2.44 bits per heavy atom. The number of rotatable bonds is 5. The molecule has 2 aromatic heterocycles. The molecular formula is C11H16N4S. The van der Waals surface area contributed by atoms with Gasteiger partial charge in [-0.1, -0.05) is 6.07 Å². The smallest absolute Gasteiger partial charge is 0.133 e. The average Bonchev–Trinajstić information content (AvgIpc) is 2.90. The minimum absolute atomic E-state index is 0.410. The standard InChI is InChI=1S/C11H16N4S/c1-9(10-4-3-7-16-10)12-6-5-11-14-13-8-15(11)2/h3-4,7-9,12H,5-6H2,1-2H3. The normalized spacial score (nSPS) is 12.9. The van der Waals surface area contributed by atoms with Crippen molar-refractivity contribution in [1.82, 2.24) is 20.1 Å². The van der Waals surface area contributed by atoms with E-state index in [0.29, 0.717) is 6.04 Å². The van der Waals surface area contributed by atoms with Gasteiger partial charge in [0.2, 0.25) is 0 Å². The Bertz CT molecular complexity index is 421. The van der Waals surface area contributed by atoms with Crippen molar-refractivity contribution in [2.75, 3.05) is 6.54 Å². The van der Waals surface area contributed by atoms with Crippen molar-refractivity contribution in [3.8, 4) is 0 Å². The van der Waals surface area contributed by atoms with Gasteiger partial charge in [-0.25, -0.2) is 0 Å². The summed E-state index contributed by atoms with van der Waals surface area (Å²) in [4.78, 5) is 1.37. The second kappa shape index (κ2) is 5.23. The molecule has 2 heterocycles. The van der Waals surface area contributed by atoms with Gasteiger partial charge in [-0.05, 0) is 18.4 Å². The van der Waals surface area contributed by atoms with Crippen molar-refractivity contribution in [2.45, 2.75) is 19.4 Å². The highest BCUT2D eigenvalue weighted by atomic mass is 32.1. The van der Waals surface area contributed by atoms with Crippen LogP contribution in [-0.4, -0.2) is 21.3 Å². The fourth-order valence-corrected chi connectivity index (χ4v) is 2.33. The van der Waals surface area contributed by atoms with Crippen molar-refractivity contribution in [3.05, 3.63) is 34.5 Å².